The Balaban J connectivity index is 2.57. The van der Waals surface area contributed by atoms with E-state index in [1.54, 1.807) is 24.3 Å². The number of thiocarbonyl (C=S) groups is 1. The Morgan fingerprint density at radius 2 is 2.05 bits per heavy atom. The molecule has 0 fully saturated rings. The van der Waals surface area contributed by atoms with Crippen molar-refractivity contribution in [3.63, 3.8) is 0 Å². The highest BCUT2D eigenvalue weighted by atomic mass is 35.5. The molecule has 0 aliphatic rings. The highest BCUT2D eigenvalue weighted by Crippen LogP contribution is 2.32. The van der Waals surface area contributed by atoms with Crippen molar-refractivity contribution in [1.82, 2.24) is 0 Å². The molecule has 0 spiro atoms. The Morgan fingerprint density at radius 1 is 1.30 bits per heavy atom. The minimum absolute atomic E-state index is 0.208. The fraction of sp³-hybridized carbons (Fsp3) is 0.133. The Bertz CT molecular complexity index is 646. The van der Waals surface area contributed by atoms with Crippen LogP contribution in [0.15, 0.2) is 42.5 Å². The minimum Gasteiger partial charge on any atom is -0.508 e. The number of halogens is 1. The van der Waals surface area contributed by atoms with E-state index in [9.17, 15) is 5.11 Å². The Morgan fingerprint density at radius 3 is 2.65 bits per heavy atom. The third-order valence-corrected chi connectivity index (χ3v) is 3.43. The number of hydrogen-bond acceptors (Lipinski definition) is 3. The molecular formula is C15H15ClN2OS. The maximum Gasteiger partial charge on any atom is 0.117 e. The molecule has 2 rings (SSSR count). The van der Waals surface area contributed by atoms with Crippen LogP contribution >= 0.6 is 23.8 Å². The van der Waals surface area contributed by atoms with Crippen LogP contribution in [0, 0.1) is 0 Å². The lowest BCUT2D eigenvalue weighted by atomic mass is 10.1. The number of aromatic hydroxyl groups is 1. The summed E-state index contributed by atoms with van der Waals surface area (Å²) in [5, 5.41) is 10.2. The SMILES string of the molecule is CCN(c1cccc(O)c1)c1cc(Cl)ccc1C(N)=S. The van der Waals surface area contributed by atoms with Gasteiger partial charge < -0.3 is 15.7 Å². The first-order valence-electron chi connectivity index (χ1n) is 6.19. The molecule has 0 aromatic heterocycles. The molecule has 2 aromatic carbocycles. The number of hydrogen-bond donors (Lipinski definition) is 2. The third kappa shape index (κ3) is 3.03. The number of phenols is 1. The second-order valence-corrected chi connectivity index (χ2v) is 5.17. The van der Waals surface area contributed by atoms with Gasteiger partial charge in [0.15, 0.2) is 0 Å². The molecule has 0 saturated carbocycles. The van der Waals surface area contributed by atoms with Gasteiger partial charge in [0.1, 0.15) is 10.7 Å². The van der Waals surface area contributed by atoms with Gasteiger partial charge in [0.05, 0.1) is 5.69 Å². The van der Waals surface area contributed by atoms with Crippen molar-refractivity contribution < 1.29 is 5.11 Å². The number of benzene rings is 2. The van der Waals surface area contributed by atoms with Crippen molar-refractivity contribution >= 4 is 40.2 Å². The van der Waals surface area contributed by atoms with Gasteiger partial charge in [0.2, 0.25) is 0 Å². The predicted molar refractivity (Wildman–Crippen MR) is 88.1 cm³/mol. The molecule has 104 valence electrons. The second-order valence-electron chi connectivity index (χ2n) is 4.29. The number of nitrogens with zero attached hydrogens (tertiary/aromatic N) is 1. The third-order valence-electron chi connectivity index (χ3n) is 2.97. The summed E-state index contributed by atoms with van der Waals surface area (Å²) >= 11 is 11.2. The molecule has 0 atom stereocenters. The van der Waals surface area contributed by atoms with Gasteiger partial charge >= 0.3 is 0 Å². The molecule has 0 unspecified atom stereocenters. The lowest BCUT2D eigenvalue weighted by molar-refractivity contribution is 0.475. The number of nitrogens with two attached hydrogens (primary N) is 1. The first-order valence-corrected chi connectivity index (χ1v) is 6.97. The smallest absolute Gasteiger partial charge is 0.117 e. The van der Waals surface area contributed by atoms with E-state index in [0.717, 1.165) is 16.9 Å². The molecule has 0 heterocycles. The number of anilines is 2. The minimum atomic E-state index is 0.208. The van der Waals surface area contributed by atoms with Crippen LogP contribution in [0.2, 0.25) is 5.02 Å². The zero-order valence-electron chi connectivity index (χ0n) is 11.0. The summed E-state index contributed by atoms with van der Waals surface area (Å²) in [7, 11) is 0. The van der Waals surface area contributed by atoms with Crippen molar-refractivity contribution in [2.75, 3.05) is 11.4 Å². The second kappa shape index (κ2) is 6.11. The normalized spacial score (nSPS) is 10.3. The molecule has 3 N–H and O–H groups in total. The lowest BCUT2D eigenvalue weighted by Crippen LogP contribution is -2.21. The van der Waals surface area contributed by atoms with Crippen molar-refractivity contribution in [2.45, 2.75) is 6.92 Å². The van der Waals surface area contributed by atoms with Gasteiger partial charge in [-0.25, -0.2) is 0 Å². The van der Waals surface area contributed by atoms with Gasteiger partial charge in [-0.1, -0.05) is 29.9 Å². The maximum absolute atomic E-state index is 9.63. The topological polar surface area (TPSA) is 49.5 Å². The Labute approximate surface area is 128 Å². The molecule has 3 nitrogen and oxygen atoms in total. The molecule has 0 amide bonds. The van der Waals surface area contributed by atoms with E-state index in [2.05, 4.69) is 0 Å². The van der Waals surface area contributed by atoms with Crippen LogP contribution in [-0.4, -0.2) is 16.6 Å². The largest absolute Gasteiger partial charge is 0.508 e. The summed E-state index contributed by atoms with van der Waals surface area (Å²) in [6.07, 6.45) is 0. The van der Waals surface area contributed by atoms with Gasteiger partial charge in [-0.05, 0) is 37.3 Å². The maximum atomic E-state index is 9.63. The van der Waals surface area contributed by atoms with E-state index in [0.29, 0.717) is 16.6 Å². The Hall–Kier alpha value is -1.78. The van der Waals surface area contributed by atoms with Gasteiger partial charge in [0, 0.05) is 28.9 Å². The molecular weight excluding hydrogens is 292 g/mol. The zero-order chi connectivity index (χ0) is 14.7. The molecule has 20 heavy (non-hydrogen) atoms. The molecule has 5 heteroatoms. The van der Waals surface area contributed by atoms with E-state index in [1.165, 1.54) is 0 Å². The first-order chi connectivity index (χ1) is 9.52. The monoisotopic (exact) mass is 306 g/mol. The molecule has 0 aliphatic heterocycles. The van der Waals surface area contributed by atoms with Crippen molar-refractivity contribution in [3.05, 3.63) is 53.1 Å². The van der Waals surface area contributed by atoms with Gasteiger partial charge in [-0.15, -0.1) is 0 Å². The summed E-state index contributed by atoms with van der Waals surface area (Å²) in [6, 6.07) is 12.4. The Kier molecular flexibility index (Phi) is 4.47. The van der Waals surface area contributed by atoms with Gasteiger partial charge in [0.25, 0.3) is 0 Å². The summed E-state index contributed by atoms with van der Waals surface area (Å²) in [5.74, 6) is 0.208. The molecule has 2 aromatic rings. The van der Waals surface area contributed by atoms with Gasteiger partial charge in [-0.2, -0.15) is 0 Å². The van der Waals surface area contributed by atoms with Gasteiger partial charge in [-0.3, -0.25) is 0 Å². The van der Waals surface area contributed by atoms with Crippen LogP contribution in [0.4, 0.5) is 11.4 Å². The van der Waals surface area contributed by atoms with Crippen LogP contribution in [-0.2, 0) is 0 Å². The summed E-state index contributed by atoms with van der Waals surface area (Å²) in [5.41, 5.74) is 8.22. The highest BCUT2D eigenvalue weighted by Gasteiger charge is 2.14. The lowest BCUT2D eigenvalue weighted by Gasteiger charge is -2.26. The van der Waals surface area contributed by atoms with Crippen LogP contribution in [0.25, 0.3) is 0 Å². The van der Waals surface area contributed by atoms with E-state index in [4.69, 9.17) is 29.6 Å². The van der Waals surface area contributed by atoms with E-state index in [1.807, 2.05) is 30.0 Å². The quantitative estimate of drug-likeness (QED) is 0.843. The summed E-state index contributed by atoms with van der Waals surface area (Å²) in [6.45, 7) is 2.70. The molecule has 0 bridgehead atoms. The average Bonchev–Trinajstić information content (AvgIpc) is 2.39. The molecule has 0 aliphatic carbocycles. The fourth-order valence-electron chi connectivity index (χ4n) is 2.09. The highest BCUT2D eigenvalue weighted by molar-refractivity contribution is 7.80. The van der Waals surface area contributed by atoms with E-state index < -0.39 is 0 Å². The van der Waals surface area contributed by atoms with E-state index in [-0.39, 0.29) is 5.75 Å². The first kappa shape index (κ1) is 14.6. The number of rotatable bonds is 4. The van der Waals surface area contributed by atoms with Crippen LogP contribution in [0.5, 0.6) is 5.75 Å². The van der Waals surface area contributed by atoms with Crippen LogP contribution in [0.1, 0.15) is 12.5 Å². The number of phenolic OH excluding ortho intramolecular Hbond substituents is 1. The predicted octanol–water partition coefficient (Wildman–Crippen LogP) is 3.84. The van der Waals surface area contributed by atoms with Crippen LogP contribution < -0.4 is 10.6 Å². The van der Waals surface area contributed by atoms with E-state index >= 15 is 0 Å². The standard InChI is InChI=1S/C15H15ClN2OS/c1-2-18(11-4-3-5-12(19)9-11)14-8-10(16)6-7-13(14)15(17)20/h3-9,19H,2H2,1H3,(H2,17,20). The summed E-state index contributed by atoms with van der Waals surface area (Å²) < 4.78 is 0. The fourth-order valence-corrected chi connectivity index (χ4v) is 2.43. The van der Waals surface area contributed by atoms with Crippen molar-refractivity contribution in [2.24, 2.45) is 5.73 Å². The molecule has 0 radical (unpaired) electrons. The van der Waals surface area contributed by atoms with Crippen molar-refractivity contribution in [3.8, 4) is 5.75 Å². The summed E-state index contributed by atoms with van der Waals surface area (Å²) in [4.78, 5) is 2.32. The molecule has 0 saturated heterocycles. The zero-order valence-corrected chi connectivity index (χ0v) is 12.6. The van der Waals surface area contributed by atoms with Crippen molar-refractivity contribution in [1.29, 1.82) is 0 Å². The average molecular weight is 307 g/mol. The van der Waals surface area contributed by atoms with Crippen LogP contribution in [0.3, 0.4) is 0 Å².